The van der Waals surface area contributed by atoms with Gasteiger partial charge in [-0.3, -0.25) is 14.5 Å². The highest BCUT2D eigenvalue weighted by molar-refractivity contribution is 6.04. The minimum absolute atomic E-state index is 0.00523. The van der Waals surface area contributed by atoms with E-state index in [1.54, 1.807) is 6.07 Å². The highest BCUT2D eigenvalue weighted by Gasteiger charge is 2.47. The van der Waals surface area contributed by atoms with Crippen LogP contribution in [0.2, 0.25) is 0 Å². The summed E-state index contributed by atoms with van der Waals surface area (Å²) in [5, 5.41) is 9.76. The van der Waals surface area contributed by atoms with Crippen LogP contribution in [-0.4, -0.2) is 69.3 Å². The fourth-order valence-electron chi connectivity index (χ4n) is 4.44. The number of aromatic nitrogens is 2. The first kappa shape index (κ1) is 21.4. The zero-order valence-corrected chi connectivity index (χ0v) is 17.3. The van der Waals surface area contributed by atoms with Gasteiger partial charge in [0.15, 0.2) is 6.04 Å². The minimum atomic E-state index is -4.44. The highest BCUT2D eigenvalue weighted by atomic mass is 19.4. The van der Waals surface area contributed by atoms with Gasteiger partial charge >= 0.3 is 12.2 Å². The number of imide groups is 1. The third-order valence-corrected chi connectivity index (χ3v) is 6.19. The maximum Gasteiger partial charge on any atom is 0.410 e. The zero-order valence-electron chi connectivity index (χ0n) is 17.3. The molecule has 4 heterocycles. The van der Waals surface area contributed by atoms with Gasteiger partial charge in [0.05, 0.1) is 18.3 Å². The lowest BCUT2D eigenvalue weighted by atomic mass is 9.94. The van der Waals surface area contributed by atoms with E-state index in [9.17, 15) is 27.6 Å². The van der Waals surface area contributed by atoms with Crippen LogP contribution in [-0.2, 0) is 9.59 Å². The third kappa shape index (κ3) is 3.94. The number of hydrogen-bond donors (Lipinski definition) is 2. The number of urea groups is 1. The molecule has 0 bridgehead atoms. The van der Waals surface area contributed by atoms with Crippen molar-refractivity contribution in [2.75, 3.05) is 25.0 Å². The average Bonchev–Trinajstić information content (AvgIpc) is 3.40. The first-order chi connectivity index (χ1) is 14.6. The SMILES string of the molecule is CC(C)[C@@H]1C[C@H](C(F)(F)F)n2nc(C3CCCN3C(=O)CN3C(=O)CNC3=O)cc2N1. The molecule has 0 spiro atoms. The van der Waals surface area contributed by atoms with Crippen LogP contribution in [0.1, 0.15) is 50.9 Å². The predicted octanol–water partition coefficient (Wildman–Crippen LogP) is 2.04. The molecule has 2 fully saturated rings. The van der Waals surface area contributed by atoms with E-state index in [0.717, 1.165) is 9.58 Å². The van der Waals surface area contributed by atoms with Gasteiger partial charge in [-0.05, 0) is 25.2 Å². The quantitative estimate of drug-likeness (QED) is 0.696. The summed E-state index contributed by atoms with van der Waals surface area (Å²) in [7, 11) is 0. The molecule has 3 atom stereocenters. The van der Waals surface area contributed by atoms with Crippen LogP contribution in [0.4, 0.5) is 23.8 Å². The van der Waals surface area contributed by atoms with Gasteiger partial charge < -0.3 is 15.5 Å². The summed E-state index contributed by atoms with van der Waals surface area (Å²) in [6.07, 6.45) is -3.35. The third-order valence-electron chi connectivity index (χ3n) is 6.19. The molecular formula is C19H25F3N6O3. The van der Waals surface area contributed by atoms with Crippen molar-refractivity contribution in [1.82, 2.24) is 24.9 Å². The van der Waals surface area contributed by atoms with Crippen LogP contribution in [0.5, 0.6) is 0 Å². The Morgan fingerprint density at radius 1 is 1.32 bits per heavy atom. The van der Waals surface area contributed by atoms with Crippen molar-refractivity contribution in [2.24, 2.45) is 5.92 Å². The van der Waals surface area contributed by atoms with Crippen LogP contribution in [0.25, 0.3) is 0 Å². The fraction of sp³-hybridized carbons (Fsp3) is 0.684. The van der Waals surface area contributed by atoms with Gasteiger partial charge in [0.25, 0.3) is 5.91 Å². The number of carbonyl (C=O) groups is 3. The molecule has 1 aromatic rings. The summed E-state index contributed by atoms with van der Waals surface area (Å²) >= 11 is 0. The van der Waals surface area contributed by atoms with E-state index < -0.39 is 42.7 Å². The molecule has 2 saturated heterocycles. The summed E-state index contributed by atoms with van der Waals surface area (Å²) in [6.45, 7) is 3.58. The van der Waals surface area contributed by atoms with Gasteiger partial charge in [0.1, 0.15) is 12.4 Å². The number of nitrogens with one attached hydrogen (secondary N) is 2. The van der Waals surface area contributed by atoms with E-state index in [1.807, 2.05) is 13.8 Å². The van der Waals surface area contributed by atoms with Crippen molar-refractivity contribution in [1.29, 1.82) is 0 Å². The number of alkyl halides is 3. The van der Waals surface area contributed by atoms with E-state index in [1.165, 1.54) is 4.90 Å². The average molecular weight is 442 g/mol. The van der Waals surface area contributed by atoms with Crippen LogP contribution >= 0.6 is 0 Å². The van der Waals surface area contributed by atoms with E-state index >= 15 is 0 Å². The summed E-state index contributed by atoms with van der Waals surface area (Å²) < 4.78 is 42.1. The number of anilines is 1. The number of likely N-dealkylation sites (tertiary alicyclic amines) is 1. The summed E-state index contributed by atoms with van der Waals surface area (Å²) in [6, 6.07) is -1.62. The van der Waals surface area contributed by atoms with Crippen molar-refractivity contribution in [3.8, 4) is 0 Å². The highest BCUT2D eigenvalue weighted by Crippen LogP contribution is 2.42. The number of fused-ring (bicyclic) bond motifs is 1. The van der Waals surface area contributed by atoms with E-state index in [2.05, 4.69) is 15.7 Å². The summed E-state index contributed by atoms with van der Waals surface area (Å²) in [5.74, 6) is -0.621. The van der Waals surface area contributed by atoms with Crippen molar-refractivity contribution in [2.45, 2.75) is 57.4 Å². The van der Waals surface area contributed by atoms with E-state index in [-0.39, 0.29) is 30.7 Å². The Balaban J connectivity index is 1.57. The summed E-state index contributed by atoms with van der Waals surface area (Å²) in [4.78, 5) is 38.7. The van der Waals surface area contributed by atoms with Crippen LogP contribution < -0.4 is 10.6 Å². The molecule has 3 aliphatic rings. The minimum Gasteiger partial charge on any atom is -0.367 e. The Morgan fingerprint density at radius 3 is 2.68 bits per heavy atom. The van der Waals surface area contributed by atoms with Crippen molar-refractivity contribution in [3.63, 3.8) is 0 Å². The molecule has 1 aromatic heterocycles. The normalized spacial score (nSPS) is 26.3. The Labute approximate surface area is 176 Å². The van der Waals surface area contributed by atoms with Crippen LogP contribution in [0.3, 0.4) is 0 Å². The Morgan fingerprint density at radius 2 is 2.06 bits per heavy atom. The first-order valence-electron chi connectivity index (χ1n) is 10.4. The van der Waals surface area contributed by atoms with Gasteiger partial charge in [0.2, 0.25) is 5.91 Å². The molecule has 4 rings (SSSR count). The monoisotopic (exact) mass is 442 g/mol. The molecule has 0 aliphatic carbocycles. The zero-order chi connectivity index (χ0) is 22.5. The van der Waals surface area contributed by atoms with Gasteiger partial charge in [0, 0.05) is 18.7 Å². The Hall–Kier alpha value is -2.79. The number of carbonyl (C=O) groups excluding carboxylic acids is 3. The smallest absolute Gasteiger partial charge is 0.367 e. The topological polar surface area (TPSA) is 99.6 Å². The second-order valence-corrected chi connectivity index (χ2v) is 8.57. The predicted molar refractivity (Wildman–Crippen MR) is 103 cm³/mol. The van der Waals surface area contributed by atoms with Gasteiger partial charge in [-0.1, -0.05) is 13.8 Å². The largest absolute Gasteiger partial charge is 0.410 e. The maximum atomic E-state index is 13.7. The van der Waals surface area contributed by atoms with Crippen molar-refractivity contribution in [3.05, 3.63) is 11.8 Å². The molecule has 9 nitrogen and oxygen atoms in total. The molecule has 0 radical (unpaired) electrons. The molecule has 2 N–H and O–H groups in total. The Kier molecular flexibility index (Phi) is 5.34. The number of rotatable bonds is 4. The molecule has 3 aliphatic heterocycles. The van der Waals surface area contributed by atoms with Crippen LogP contribution in [0, 0.1) is 5.92 Å². The lowest BCUT2D eigenvalue weighted by molar-refractivity contribution is -0.174. The Bertz CT molecular complexity index is 883. The molecular weight excluding hydrogens is 417 g/mol. The molecule has 0 aromatic carbocycles. The number of hydrogen-bond acceptors (Lipinski definition) is 5. The number of nitrogens with zero attached hydrogens (tertiary/aromatic N) is 4. The second-order valence-electron chi connectivity index (χ2n) is 8.57. The molecule has 12 heteroatoms. The maximum absolute atomic E-state index is 13.7. The second kappa shape index (κ2) is 7.72. The molecule has 31 heavy (non-hydrogen) atoms. The standard InChI is InChI=1S/C19H25F3N6O3/c1-10(2)11-6-14(19(20,21)22)28-15(24-11)7-12(25-28)13-4-3-5-26(13)17(30)9-27-16(29)8-23-18(27)31/h7,10-11,13-14,24H,3-6,8-9H2,1-2H3,(H,23,31)/t11-,13?,14+/m0/s1. The lowest BCUT2D eigenvalue weighted by Crippen LogP contribution is -2.43. The van der Waals surface area contributed by atoms with E-state index in [4.69, 9.17) is 0 Å². The van der Waals surface area contributed by atoms with Gasteiger partial charge in [-0.25, -0.2) is 9.48 Å². The van der Waals surface area contributed by atoms with Crippen LogP contribution in [0.15, 0.2) is 6.07 Å². The van der Waals surface area contributed by atoms with Crippen molar-refractivity contribution < 1.29 is 27.6 Å². The molecule has 0 saturated carbocycles. The molecule has 4 amide bonds. The van der Waals surface area contributed by atoms with Gasteiger partial charge in [-0.15, -0.1) is 0 Å². The number of amides is 4. The van der Waals surface area contributed by atoms with Gasteiger partial charge in [-0.2, -0.15) is 18.3 Å². The molecule has 1 unspecified atom stereocenters. The summed E-state index contributed by atoms with van der Waals surface area (Å²) in [5.41, 5.74) is 0.379. The van der Waals surface area contributed by atoms with E-state index in [0.29, 0.717) is 25.1 Å². The molecule has 170 valence electrons. The lowest BCUT2D eigenvalue weighted by Gasteiger charge is -2.35. The fourth-order valence-corrected chi connectivity index (χ4v) is 4.44. The first-order valence-corrected chi connectivity index (χ1v) is 10.4. The number of halogens is 3. The van der Waals surface area contributed by atoms with Crippen molar-refractivity contribution >= 4 is 23.7 Å².